The average Bonchev–Trinajstić information content (AvgIpc) is 2.96. The molecule has 2 aromatic rings. The van der Waals surface area contributed by atoms with Gasteiger partial charge in [-0.1, -0.05) is 62.7 Å². The van der Waals surface area contributed by atoms with E-state index in [2.05, 4.69) is 37.9 Å². The van der Waals surface area contributed by atoms with Crippen LogP contribution in [-0.2, 0) is 15.4 Å². The molecule has 0 aliphatic carbocycles. The minimum Gasteiger partial charge on any atom is -0.321 e. The van der Waals surface area contributed by atoms with Crippen LogP contribution in [0.4, 0.5) is 0 Å². The summed E-state index contributed by atoms with van der Waals surface area (Å²) in [4.78, 5) is 14.8. The lowest BCUT2D eigenvalue weighted by molar-refractivity contribution is 0.479. The molecule has 0 bridgehead atoms. The predicted molar refractivity (Wildman–Crippen MR) is 114 cm³/mol. The number of sulfonamides is 1. The first-order chi connectivity index (χ1) is 13.1. The van der Waals surface area contributed by atoms with Crippen LogP contribution in [0.2, 0.25) is 5.02 Å². The van der Waals surface area contributed by atoms with Crippen molar-refractivity contribution in [3.8, 4) is 0 Å². The molecular weight excluding hydrogens is 396 g/mol. The van der Waals surface area contributed by atoms with E-state index in [-0.39, 0.29) is 28.3 Å². The number of pyridine rings is 1. The smallest absolute Gasteiger partial charge is 0.267 e. The zero-order valence-corrected chi connectivity index (χ0v) is 17.9. The lowest BCUT2D eigenvalue weighted by Gasteiger charge is -2.20. The van der Waals surface area contributed by atoms with Crippen LogP contribution >= 0.6 is 11.6 Å². The van der Waals surface area contributed by atoms with Crippen molar-refractivity contribution in [1.82, 2.24) is 9.29 Å². The fourth-order valence-electron chi connectivity index (χ4n) is 3.24. The lowest BCUT2D eigenvalue weighted by Crippen LogP contribution is -2.26. The molecule has 1 fully saturated rings. The highest BCUT2D eigenvalue weighted by Crippen LogP contribution is 2.27. The van der Waals surface area contributed by atoms with Crippen molar-refractivity contribution in [1.29, 1.82) is 0 Å². The Kier molecular flexibility index (Phi) is 5.84. The van der Waals surface area contributed by atoms with Gasteiger partial charge in [0.1, 0.15) is 5.02 Å². The fourth-order valence-corrected chi connectivity index (χ4v) is 4.81. The molecule has 1 aromatic carbocycles. The number of nitrogens with one attached hydrogen (secondary N) is 1. The third kappa shape index (κ3) is 4.57. The summed E-state index contributed by atoms with van der Waals surface area (Å²) in [7, 11) is -3.19. The SMILES string of the molecule is CC(C)(C)c1ccc(C(=CCN2CCCS2(=O)=O)c2ccc(Cl)c(=O)[nH]2)cc1. The molecule has 1 N–H and O–H groups in total. The zero-order valence-electron chi connectivity index (χ0n) is 16.3. The molecule has 1 aliphatic rings. The molecule has 7 heteroatoms. The van der Waals surface area contributed by atoms with E-state index >= 15 is 0 Å². The molecule has 0 amide bonds. The minimum atomic E-state index is -3.19. The summed E-state index contributed by atoms with van der Waals surface area (Å²) < 4.78 is 25.7. The quantitative estimate of drug-likeness (QED) is 0.817. The highest BCUT2D eigenvalue weighted by atomic mass is 35.5. The van der Waals surface area contributed by atoms with Crippen LogP contribution in [0.1, 0.15) is 44.0 Å². The van der Waals surface area contributed by atoms with Crippen LogP contribution in [0.15, 0.2) is 47.3 Å². The van der Waals surface area contributed by atoms with Crippen molar-refractivity contribution in [2.75, 3.05) is 18.8 Å². The fraction of sp³-hybridized carbons (Fsp3) is 0.381. The number of hydrogen-bond acceptors (Lipinski definition) is 3. The van der Waals surface area contributed by atoms with Crippen LogP contribution in [0.5, 0.6) is 0 Å². The average molecular weight is 421 g/mol. The largest absolute Gasteiger partial charge is 0.321 e. The number of aromatic amines is 1. The van der Waals surface area contributed by atoms with Gasteiger partial charge in [-0.25, -0.2) is 8.42 Å². The Morgan fingerprint density at radius 3 is 2.39 bits per heavy atom. The van der Waals surface area contributed by atoms with Crippen molar-refractivity contribution in [2.24, 2.45) is 0 Å². The van der Waals surface area contributed by atoms with E-state index < -0.39 is 10.0 Å². The minimum absolute atomic E-state index is 0.0284. The molecule has 1 saturated heterocycles. The highest BCUT2D eigenvalue weighted by Gasteiger charge is 2.27. The summed E-state index contributed by atoms with van der Waals surface area (Å²) in [5.74, 6) is 0.189. The summed E-state index contributed by atoms with van der Waals surface area (Å²) >= 11 is 5.87. The Bertz CT molecular complexity index is 1050. The van der Waals surface area contributed by atoms with Gasteiger partial charge < -0.3 is 4.98 Å². The van der Waals surface area contributed by atoms with Crippen LogP contribution in [0.25, 0.3) is 5.57 Å². The van der Waals surface area contributed by atoms with E-state index in [0.29, 0.717) is 18.7 Å². The van der Waals surface area contributed by atoms with Gasteiger partial charge in [0.05, 0.1) is 5.75 Å². The van der Waals surface area contributed by atoms with Gasteiger partial charge >= 0.3 is 0 Å². The molecule has 0 unspecified atom stereocenters. The number of H-pyrrole nitrogens is 1. The Hall–Kier alpha value is -1.89. The number of benzene rings is 1. The predicted octanol–water partition coefficient (Wildman–Crippen LogP) is 3.79. The maximum absolute atomic E-state index is 12.1. The second-order valence-corrected chi connectivity index (χ2v) is 10.5. The second-order valence-electron chi connectivity index (χ2n) is 8.02. The Morgan fingerprint density at radius 2 is 1.86 bits per heavy atom. The molecule has 2 heterocycles. The number of hydrogen-bond donors (Lipinski definition) is 1. The van der Waals surface area contributed by atoms with E-state index in [9.17, 15) is 13.2 Å². The van der Waals surface area contributed by atoms with Gasteiger partial charge in [-0.05, 0) is 35.1 Å². The summed E-state index contributed by atoms with van der Waals surface area (Å²) in [6, 6.07) is 11.4. The summed E-state index contributed by atoms with van der Waals surface area (Å²) in [5, 5.41) is 0.119. The first-order valence-corrected chi connectivity index (χ1v) is 11.2. The Morgan fingerprint density at radius 1 is 1.18 bits per heavy atom. The van der Waals surface area contributed by atoms with Crippen LogP contribution in [0.3, 0.4) is 0 Å². The van der Waals surface area contributed by atoms with Crippen molar-refractivity contribution in [3.05, 3.63) is 74.7 Å². The molecule has 150 valence electrons. The number of nitrogens with zero attached hydrogens (tertiary/aromatic N) is 1. The van der Waals surface area contributed by atoms with E-state index in [1.54, 1.807) is 12.1 Å². The number of aromatic nitrogens is 1. The normalized spacial score (nSPS) is 17.8. The van der Waals surface area contributed by atoms with E-state index in [0.717, 1.165) is 11.1 Å². The second kappa shape index (κ2) is 7.85. The first kappa shape index (κ1) is 20.8. The zero-order chi connectivity index (χ0) is 20.5. The third-order valence-electron chi connectivity index (χ3n) is 4.92. The highest BCUT2D eigenvalue weighted by molar-refractivity contribution is 7.89. The van der Waals surface area contributed by atoms with Crippen molar-refractivity contribution in [2.45, 2.75) is 32.6 Å². The van der Waals surface area contributed by atoms with E-state index in [4.69, 9.17) is 11.6 Å². The standard InChI is InChI=1S/C21H25ClN2O3S/c1-21(2,3)16-7-5-15(6-8-16)17(19-10-9-18(22)20(25)23-19)11-13-24-12-4-14-28(24,26)27/h5-11H,4,12-14H2,1-3H3,(H,23,25). The van der Waals surface area contributed by atoms with Gasteiger partial charge in [-0.15, -0.1) is 0 Å². The van der Waals surface area contributed by atoms with Crippen molar-refractivity contribution in [3.63, 3.8) is 0 Å². The van der Waals surface area contributed by atoms with Gasteiger partial charge in [0.25, 0.3) is 5.56 Å². The molecule has 5 nitrogen and oxygen atoms in total. The summed E-state index contributed by atoms with van der Waals surface area (Å²) in [5.41, 5.74) is 3.14. The first-order valence-electron chi connectivity index (χ1n) is 9.26. The van der Waals surface area contributed by atoms with Gasteiger partial charge in [-0.2, -0.15) is 4.31 Å². The number of halogens is 1. The van der Waals surface area contributed by atoms with Crippen LogP contribution in [-0.4, -0.2) is 36.5 Å². The van der Waals surface area contributed by atoms with Crippen molar-refractivity contribution >= 4 is 27.2 Å². The monoisotopic (exact) mass is 420 g/mol. The third-order valence-corrected chi connectivity index (χ3v) is 7.14. The number of rotatable bonds is 4. The van der Waals surface area contributed by atoms with Crippen molar-refractivity contribution < 1.29 is 8.42 Å². The molecule has 0 radical (unpaired) electrons. The molecule has 0 saturated carbocycles. The van der Waals surface area contributed by atoms with Gasteiger partial charge in [0.15, 0.2) is 0 Å². The molecule has 1 aromatic heterocycles. The topological polar surface area (TPSA) is 70.2 Å². The maximum atomic E-state index is 12.1. The Balaban J connectivity index is 2.02. The summed E-state index contributed by atoms with van der Waals surface area (Å²) in [6.45, 7) is 7.23. The van der Waals surface area contributed by atoms with Gasteiger partial charge in [-0.3, -0.25) is 4.79 Å². The molecule has 28 heavy (non-hydrogen) atoms. The van der Waals surface area contributed by atoms with Gasteiger partial charge in [0, 0.05) is 24.4 Å². The molecule has 1 aliphatic heterocycles. The van der Waals surface area contributed by atoms with E-state index in [1.807, 2.05) is 18.2 Å². The Labute approximate surface area is 171 Å². The van der Waals surface area contributed by atoms with Gasteiger partial charge in [0.2, 0.25) is 10.0 Å². The molecule has 0 atom stereocenters. The molecular formula is C21H25ClN2O3S. The molecule has 0 spiro atoms. The van der Waals surface area contributed by atoms with Crippen LogP contribution < -0.4 is 5.56 Å². The lowest BCUT2D eigenvalue weighted by atomic mass is 9.86. The van der Waals surface area contributed by atoms with Crippen LogP contribution in [0, 0.1) is 0 Å². The maximum Gasteiger partial charge on any atom is 0.267 e. The summed E-state index contributed by atoms with van der Waals surface area (Å²) in [6.07, 6.45) is 2.50. The molecule has 3 rings (SSSR count). The van der Waals surface area contributed by atoms with E-state index in [1.165, 1.54) is 9.87 Å².